The van der Waals surface area contributed by atoms with E-state index in [1.807, 2.05) is 12.2 Å². The highest BCUT2D eigenvalue weighted by Crippen LogP contribution is 2.46. The van der Waals surface area contributed by atoms with E-state index in [2.05, 4.69) is 18.2 Å². The average molecular weight is 207 g/mol. The number of allylic oxidation sites excluding steroid dienone is 6. The summed E-state index contributed by atoms with van der Waals surface area (Å²) >= 11 is 5.81. The second-order valence-electron chi connectivity index (χ2n) is 3.97. The molecule has 3 aliphatic rings. The highest BCUT2D eigenvalue weighted by molar-refractivity contribution is 6.28. The van der Waals surface area contributed by atoms with Gasteiger partial charge in [-0.05, 0) is 42.5 Å². The number of hydrogen-bond acceptors (Lipinski definition) is 1. The van der Waals surface area contributed by atoms with Crippen LogP contribution in [-0.4, -0.2) is 0 Å². The third kappa shape index (κ3) is 1.32. The van der Waals surface area contributed by atoms with E-state index >= 15 is 0 Å². The highest BCUT2D eigenvalue weighted by Gasteiger charge is 2.35. The first-order valence-electron chi connectivity index (χ1n) is 4.99. The lowest BCUT2D eigenvalue weighted by Crippen LogP contribution is -2.12. The first kappa shape index (κ1) is 8.37. The molecule has 0 saturated heterocycles. The van der Waals surface area contributed by atoms with Crippen molar-refractivity contribution < 1.29 is 4.74 Å². The molecule has 1 atom stereocenters. The van der Waals surface area contributed by atoms with Crippen molar-refractivity contribution in [3.8, 4) is 0 Å². The van der Waals surface area contributed by atoms with E-state index in [0.717, 1.165) is 11.7 Å². The van der Waals surface area contributed by atoms with Gasteiger partial charge in [0.2, 0.25) is 0 Å². The van der Waals surface area contributed by atoms with E-state index in [1.54, 1.807) is 0 Å². The van der Waals surface area contributed by atoms with Gasteiger partial charge in [-0.1, -0.05) is 18.2 Å². The molecule has 2 heteroatoms. The Morgan fingerprint density at radius 2 is 2.07 bits per heavy atom. The van der Waals surface area contributed by atoms with Gasteiger partial charge >= 0.3 is 0 Å². The minimum Gasteiger partial charge on any atom is -0.445 e. The number of halogens is 1. The maximum absolute atomic E-state index is 5.81. The van der Waals surface area contributed by atoms with Crippen LogP contribution in [0.3, 0.4) is 0 Å². The summed E-state index contributed by atoms with van der Waals surface area (Å²) in [5.41, 5.74) is 1.29. The molecule has 1 aliphatic heterocycles. The molecule has 0 radical (unpaired) electrons. The zero-order valence-electron chi connectivity index (χ0n) is 7.74. The quantitative estimate of drug-likeness (QED) is 0.638. The van der Waals surface area contributed by atoms with Gasteiger partial charge in [0.25, 0.3) is 0 Å². The van der Waals surface area contributed by atoms with E-state index in [4.69, 9.17) is 16.3 Å². The standard InChI is InChI=1S/C12H11ClO/c13-12-7-6-10-9(8-4-5-8)2-1-3-11(10)14-12/h1-3,6-9H,4-5H2. The Hall–Kier alpha value is -0.950. The summed E-state index contributed by atoms with van der Waals surface area (Å²) < 4.78 is 5.47. The SMILES string of the molecule is ClC1=CC=C2C(=CC=CC2C2CC2)O1. The van der Waals surface area contributed by atoms with Gasteiger partial charge in [0, 0.05) is 11.5 Å². The lowest BCUT2D eigenvalue weighted by Gasteiger charge is -2.24. The van der Waals surface area contributed by atoms with Crippen LogP contribution in [0.5, 0.6) is 0 Å². The Labute approximate surface area is 88.4 Å². The topological polar surface area (TPSA) is 9.23 Å². The van der Waals surface area contributed by atoms with Gasteiger partial charge in [0.05, 0.1) is 0 Å². The predicted octanol–water partition coefficient (Wildman–Crippen LogP) is 3.50. The fourth-order valence-corrected chi connectivity index (χ4v) is 2.22. The van der Waals surface area contributed by atoms with Gasteiger partial charge in [-0.25, -0.2) is 0 Å². The molecule has 1 unspecified atom stereocenters. The van der Waals surface area contributed by atoms with Crippen LogP contribution in [0.1, 0.15) is 12.8 Å². The van der Waals surface area contributed by atoms with Crippen LogP contribution in [0.25, 0.3) is 0 Å². The molecule has 1 heterocycles. The van der Waals surface area contributed by atoms with Gasteiger partial charge < -0.3 is 4.74 Å². The molecule has 0 amide bonds. The number of fused-ring (bicyclic) bond motifs is 1. The molecule has 0 aromatic carbocycles. The molecule has 1 fully saturated rings. The zero-order valence-corrected chi connectivity index (χ0v) is 8.50. The summed E-state index contributed by atoms with van der Waals surface area (Å²) in [6, 6.07) is 0. The highest BCUT2D eigenvalue weighted by atomic mass is 35.5. The maximum Gasteiger partial charge on any atom is 0.193 e. The van der Waals surface area contributed by atoms with E-state index < -0.39 is 0 Å². The van der Waals surface area contributed by atoms with Crippen LogP contribution in [0, 0.1) is 11.8 Å². The van der Waals surface area contributed by atoms with Crippen LogP contribution in [0.15, 0.2) is 46.9 Å². The summed E-state index contributed by atoms with van der Waals surface area (Å²) in [5.74, 6) is 2.31. The molecule has 0 N–H and O–H groups in total. The maximum atomic E-state index is 5.81. The summed E-state index contributed by atoms with van der Waals surface area (Å²) in [6.07, 6.45) is 12.9. The van der Waals surface area contributed by atoms with Crippen molar-refractivity contribution >= 4 is 11.6 Å². The van der Waals surface area contributed by atoms with Gasteiger partial charge in [0.1, 0.15) is 5.76 Å². The first-order valence-corrected chi connectivity index (χ1v) is 5.36. The molecule has 0 spiro atoms. The van der Waals surface area contributed by atoms with Crippen molar-refractivity contribution in [1.29, 1.82) is 0 Å². The molecule has 3 rings (SSSR count). The molecule has 0 aromatic heterocycles. The van der Waals surface area contributed by atoms with Crippen molar-refractivity contribution in [2.45, 2.75) is 12.8 Å². The molecule has 0 bridgehead atoms. The lowest BCUT2D eigenvalue weighted by atomic mass is 9.88. The molecular formula is C12H11ClO. The van der Waals surface area contributed by atoms with Crippen LogP contribution in [0.2, 0.25) is 0 Å². The van der Waals surface area contributed by atoms with Crippen molar-refractivity contribution in [3.63, 3.8) is 0 Å². The molecule has 72 valence electrons. The van der Waals surface area contributed by atoms with Crippen molar-refractivity contribution in [2.24, 2.45) is 11.8 Å². The Morgan fingerprint density at radius 3 is 2.86 bits per heavy atom. The second-order valence-corrected chi connectivity index (χ2v) is 4.35. The Bertz CT molecular complexity index is 383. The van der Waals surface area contributed by atoms with Crippen LogP contribution >= 0.6 is 11.6 Å². The average Bonchev–Trinajstić information content (AvgIpc) is 2.99. The monoisotopic (exact) mass is 206 g/mol. The van der Waals surface area contributed by atoms with E-state index in [9.17, 15) is 0 Å². The molecule has 1 saturated carbocycles. The summed E-state index contributed by atoms with van der Waals surface area (Å²) in [6.45, 7) is 0. The Morgan fingerprint density at radius 1 is 1.21 bits per heavy atom. The Balaban J connectivity index is 1.97. The fourth-order valence-electron chi connectivity index (χ4n) is 2.07. The van der Waals surface area contributed by atoms with Crippen molar-refractivity contribution in [3.05, 3.63) is 46.9 Å². The van der Waals surface area contributed by atoms with Gasteiger partial charge in [0.15, 0.2) is 5.22 Å². The predicted molar refractivity (Wildman–Crippen MR) is 56.5 cm³/mol. The van der Waals surface area contributed by atoms with Crippen molar-refractivity contribution in [1.82, 2.24) is 0 Å². The summed E-state index contributed by atoms with van der Waals surface area (Å²) in [7, 11) is 0. The van der Waals surface area contributed by atoms with E-state index in [1.165, 1.54) is 18.4 Å². The van der Waals surface area contributed by atoms with Crippen LogP contribution < -0.4 is 0 Å². The van der Waals surface area contributed by atoms with E-state index in [-0.39, 0.29) is 0 Å². The number of ether oxygens (including phenoxy) is 1. The zero-order chi connectivity index (χ0) is 9.54. The lowest BCUT2D eigenvalue weighted by molar-refractivity contribution is 0.328. The molecule has 2 aliphatic carbocycles. The summed E-state index contributed by atoms with van der Waals surface area (Å²) in [5, 5.41) is 0.463. The summed E-state index contributed by atoms with van der Waals surface area (Å²) in [4.78, 5) is 0. The third-order valence-corrected chi connectivity index (χ3v) is 3.14. The molecule has 1 nitrogen and oxygen atoms in total. The van der Waals surface area contributed by atoms with Gasteiger partial charge in [-0.3, -0.25) is 0 Å². The van der Waals surface area contributed by atoms with Crippen LogP contribution in [-0.2, 0) is 4.74 Å². The number of rotatable bonds is 1. The largest absolute Gasteiger partial charge is 0.445 e. The van der Waals surface area contributed by atoms with Gasteiger partial charge in [-0.15, -0.1) is 0 Å². The number of hydrogen-bond donors (Lipinski definition) is 0. The molecular weight excluding hydrogens is 196 g/mol. The fraction of sp³-hybridized carbons (Fsp3) is 0.333. The smallest absolute Gasteiger partial charge is 0.193 e. The minimum atomic E-state index is 0.463. The van der Waals surface area contributed by atoms with Crippen molar-refractivity contribution in [2.75, 3.05) is 0 Å². The molecule has 0 aromatic rings. The third-order valence-electron chi connectivity index (χ3n) is 2.94. The normalized spacial score (nSPS) is 29.8. The van der Waals surface area contributed by atoms with Gasteiger partial charge in [-0.2, -0.15) is 0 Å². The van der Waals surface area contributed by atoms with Crippen LogP contribution in [0.4, 0.5) is 0 Å². The molecule has 14 heavy (non-hydrogen) atoms. The Kier molecular flexibility index (Phi) is 1.81. The first-order chi connectivity index (χ1) is 6.84. The minimum absolute atomic E-state index is 0.463. The van der Waals surface area contributed by atoms with E-state index in [0.29, 0.717) is 11.1 Å². The second kappa shape index (κ2) is 3.03.